The van der Waals surface area contributed by atoms with Gasteiger partial charge in [-0.05, 0) is 80.3 Å². The summed E-state index contributed by atoms with van der Waals surface area (Å²) >= 11 is 12.1. The summed E-state index contributed by atoms with van der Waals surface area (Å²) in [6.07, 6.45) is 5.08. The Morgan fingerprint density at radius 1 is 0.902 bits per heavy atom. The van der Waals surface area contributed by atoms with Gasteiger partial charge in [0.15, 0.2) is 0 Å². The van der Waals surface area contributed by atoms with Crippen molar-refractivity contribution in [2.45, 2.75) is 69.5 Å². The van der Waals surface area contributed by atoms with E-state index in [-0.39, 0.29) is 23.4 Å². The fraction of sp³-hybridized carbons (Fsp3) is 0.355. The van der Waals surface area contributed by atoms with E-state index in [1.165, 1.54) is 29.2 Å². The first-order valence-corrected chi connectivity index (χ1v) is 15.9. The number of sulfonamides is 1. The van der Waals surface area contributed by atoms with Gasteiger partial charge in [0.05, 0.1) is 10.6 Å². The van der Waals surface area contributed by atoms with Crippen LogP contribution in [-0.2, 0) is 26.2 Å². The Bertz CT molecular complexity index is 1460. The number of anilines is 1. The van der Waals surface area contributed by atoms with Gasteiger partial charge in [0.1, 0.15) is 12.6 Å². The topological polar surface area (TPSA) is 86.8 Å². The second-order valence-corrected chi connectivity index (χ2v) is 13.2. The summed E-state index contributed by atoms with van der Waals surface area (Å²) in [7, 11) is -4.16. The lowest BCUT2D eigenvalue weighted by Gasteiger charge is -2.33. The van der Waals surface area contributed by atoms with Crippen LogP contribution in [0.4, 0.5) is 5.69 Å². The van der Waals surface area contributed by atoms with Crippen molar-refractivity contribution >= 4 is 50.7 Å². The van der Waals surface area contributed by atoms with Gasteiger partial charge >= 0.3 is 0 Å². The van der Waals surface area contributed by atoms with Gasteiger partial charge < -0.3 is 10.2 Å². The average Bonchev–Trinajstić information content (AvgIpc) is 2.96. The van der Waals surface area contributed by atoms with Crippen molar-refractivity contribution in [3.63, 3.8) is 0 Å². The number of amides is 2. The van der Waals surface area contributed by atoms with Crippen LogP contribution in [0.15, 0.2) is 77.7 Å². The SMILES string of the molecule is Cc1ccccc1N(CC(=O)N(Cc1ccc(Cl)cc1)C(C)C(=O)NC1CCCCC1)S(=O)(=O)c1ccc(Cl)cc1. The van der Waals surface area contributed by atoms with E-state index >= 15 is 0 Å². The van der Waals surface area contributed by atoms with Gasteiger partial charge in [-0.2, -0.15) is 0 Å². The first kappa shape index (κ1) is 30.9. The summed E-state index contributed by atoms with van der Waals surface area (Å²) in [5, 5.41) is 4.05. The monoisotopic (exact) mass is 615 g/mol. The molecule has 0 saturated heterocycles. The summed E-state index contributed by atoms with van der Waals surface area (Å²) < 4.78 is 29.0. The van der Waals surface area contributed by atoms with Crippen LogP contribution in [0, 0.1) is 6.92 Å². The van der Waals surface area contributed by atoms with E-state index < -0.39 is 28.5 Å². The average molecular weight is 617 g/mol. The maximum atomic E-state index is 14.1. The van der Waals surface area contributed by atoms with E-state index in [2.05, 4.69) is 5.32 Å². The molecule has 1 aliphatic carbocycles. The highest BCUT2D eigenvalue weighted by Gasteiger charge is 2.33. The van der Waals surface area contributed by atoms with Crippen LogP contribution < -0.4 is 9.62 Å². The molecular weight excluding hydrogens is 581 g/mol. The van der Waals surface area contributed by atoms with Crippen molar-refractivity contribution in [3.05, 3.63) is 94.0 Å². The Balaban J connectivity index is 1.68. The van der Waals surface area contributed by atoms with Crippen LogP contribution in [0.1, 0.15) is 50.2 Å². The smallest absolute Gasteiger partial charge is 0.264 e. The maximum Gasteiger partial charge on any atom is 0.264 e. The van der Waals surface area contributed by atoms with Gasteiger partial charge in [-0.3, -0.25) is 13.9 Å². The van der Waals surface area contributed by atoms with Crippen LogP contribution >= 0.6 is 23.2 Å². The standard InChI is InChI=1S/C31H35Cl2N3O4S/c1-22-8-6-7-11-29(22)36(41(39,40)28-18-16-26(33)17-19-28)21-30(37)35(20-24-12-14-25(32)15-13-24)23(2)31(38)34-27-9-4-3-5-10-27/h6-8,11-19,23,27H,3-5,9-10,20-21H2,1-2H3,(H,34,38). The number of hydrogen-bond acceptors (Lipinski definition) is 4. The van der Waals surface area contributed by atoms with Crippen LogP contribution in [0.25, 0.3) is 0 Å². The van der Waals surface area contributed by atoms with Gasteiger partial charge in [0.2, 0.25) is 11.8 Å². The van der Waals surface area contributed by atoms with Crippen LogP contribution in [-0.4, -0.2) is 43.8 Å². The van der Waals surface area contributed by atoms with Gasteiger partial charge in [-0.1, -0.05) is 72.8 Å². The van der Waals surface area contributed by atoms with E-state index in [9.17, 15) is 18.0 Å². The van der Waals surface area contributed by atoms with Crippen molar-refractivity contribution in [2.75, 3.05) is 10.8 Å². The number of aryl methyl sites for hydroxylation is 1. The molecule has 0 bridgehead atoms. The molecule has 1 saturated carbocycles. The lowest BCUT2D eigenvalue weighted by Crippen LogP contribution is -2.53. The number of nitrogens with zero attached hydrogens (tertiary/aromatic N) is 2. The molecule has 1 fully saturated rings. The molecule has 218 valence electrons. The number of hydrogen-bond donors (Lipinski definition) is 1. The third-order valence-corrected chi connectivity index (χ3v) is 9.73. The zero-order valence-corrected chi connectivity index (χ0v) is 25.6. The van der Waals surface area contributed by atoms with Crippen molar-refractivity contribution in [1.82, 2.24) is 10.2 Å². The lowest BCUT2D eigenvalue weighted by molar-refractivity contribution is -0.139. The Kier molecular flexibility index (Phi) is 10.3. The molecule has 3 aromatic rings. The molecule has 7 nitrogen and oxygen atoms in total. The minimum atomic E-state index is -4.16. The molecular formula is C31H35Cl2N3O4S. The highest BCUT2D eigenvalue weighted by atomic mass is 35.5. The van der Waals surface area contributed by atoms with E-state index in [1.807, 2.05) is 0 Å². The van der Waals surface area contributed by atoms with Crippen molar-refractivity contribution in [2.24, 2.45) is 0 Å². The predicted molar refractivity (Wildman–Crippen MR) is 164 cm³/mol. The molecule has 41 heavy (non-hydrogen) atoms. The Hall–Kier alpha value is -3.07. The first-order chi connectivity index (χ1) is 19.6. The third-order valence-electron chi connectivity index (χ3n) is 7.45. The molecule has 0 aromatic heterocycles. The molecule has 1 N–H and O–H groups in total. The van der Waals surface area contributed by atoms with Crippen LogP contribution in [0.2, 0.25) is 10.0 Å². The number of halogens is 2. The van der Waals surface area contributed by atoms with E-state index in [0.717, 1.165) is 42.0 Å². The van der Waals surface area contributed by atoms with Crippen molar-refractivity contribution < 1.29 is 18.0 Å². The minimum absolute atomic E-state index is 0.00490. The molecule has 3 aromatic carbocycles. The normalized spacial score (nSPS) is 14.7. The molecule has 1 unspecified atom stereocenters. The zero-order chi connectivity index (χ0) is 29.6. The summed E-state index contributed by atoms with van der Waals surface area (Å²) in [5.74, 6) is -0.769. The highest BCUT2D eigenvalue weighted by Crippen LogP contribution is 2.28. The molecule has 0 spiro atoms. The third kappa shape index (κ3) is 7.82. The number of benzene rings is 3. The zero-order valence-electron chi connectivity index (χ0n) is 23.2. The molecule has 1 atom stereocenters. The molecule has 0 heterocycles. The van der Waals surface area contributed by atoms with Crippen molar-refractivity contribution in [3.8, 4) is 0 Å². The quantitative estimate of drug-likeness (QED) is 0.287. The minimum Gasteiger partial charge on any atom is -0.352 e. The summed E-state index contributed by atoms with van der Waals surface area (Å²) in [6, 6.07) is 19.1. The Morgan fingerprint density at radius 3 is 2.10 bits per heavy atom. The number of para-hydroxylation sites is 1. The summed E-state index contributed by atoms with van der Waals surface area (Å²) in [6.45, 7) is 3.08. The largest absolute Gasteiger partial charge is 0.352 e. The van der Waals surface area contributed by atoms with Gasteiger partial charge in [0.25, 0.3) is 10.0 Å². The fourth-order valence-electron chi connectivity index (χ4n) is 5.03. The Labute approximate surface area is 252 Å². The molecule has 0 radical (unpaired) electrons. The van der Waals surface area contributed by atoms with Gasteiger partial charge in [0, 0.05) is 22.6 Å². The number of rotatable bonds is 10. The van der Waals surface area contributed by atoms with E-state index in [0.29, 0.717) is 21.3 Å². The second-order valence-electron chi connectivity index (χ2n) is 10.4. The fourth-order valence-corrected chi connectivity index (χ4v) is 6.76. The number of nitrogens with one attached hydrogen (secondary N) is 1. The van der Waals surface area contributed by atoms with E-state index in [1.54, 1.807) is 62.4 Å². The molecule has 4 rings (SSSR count). The summed E-state index contributed by atoms with van der Waals surface area (Å²) in [4.78, 5) is 28.9. The molecule has 0 aliphatic heterocycles. The second kappa shape index (κ2) is 13.7. The first-order valence-electron chi connectivity index (χ1n) is 13.7. The van der Waals surface area contributed by atoms with Gasteiger partial charge in [-0.15, -0.1) is 0 Å². The van der Waals surface area contributed by atoms with Crippen LogP contribution in [0.5, 0.6) is 0 Å². The maximum absolute atomic E-state index is 14.1. The lowest BCUT2D eigenvalue weighted by atomic mass is 9.95. The van der Waals surface area contributed by atoms with E-state index in [4.69, 9.17) is 23.2 Å². The van der Waals surface area contributed by atoms with Crippen LogP contribution in [0.3, 0.4) is 0 Å². The molecule has 2 amide bonds. The number of carbonyl (C=O) groups excluding carboxylic acids is 2. The Morgan fingerprint density at radius 2 is 1.49 bits per heavy atom. The number of carbonyl (C=O) groups is 2. The molecule has 10 heteroatoms. The highest BCUT2D eigenvalue weighted by molar-refractivity contribution is 7.92. The summed E-state index contributed by atoms with van der Waals surface area (Å²) in [5.41, 5.74) is 1.83. The van der Waals surface area contributed by atoms with Gasteiger partial charge in [-0.25, -0.2) is 8.42 Å². The molecule has 1 aliphatic rings. The predicted octanol–water partition coefficient (Wildman–Crippen LogP) is 6.36. The van der Waals surface area contributed by atoms with Crippen molar-refractivity contribution in [1.29, 1.82) is 0 Å².